The number of thiazole rings is 1. The first-order valence-electron chi connectivity index (χ1n) is 10.2. The number of hydrogen-bond donors (Lipinski definition) is 1. The van der Waals surface area contributed by atoms with Gasteiger partial charge in [0.1, 0.15) is 18.1 Å². The Balaban J connectivity index is 1.60. The Kier molecular flexibility index (Phi) is 7.93. The van der Waals surface area contributed by atoms with E-state index in [1.165, 1.54) is 11.3 Å². The molecule has 0 spiro atoms. The molecule has 2 aromatic heterocycles. The highest BCUT2D eigenvalue weighted by molar-refractivity contribution is 7.14. The van der Waals surface area contributed by atoms with Crippen molar-refractivity contribution in [2.45, 2.75) is 46.6 Å². The van der Waals surface area contributed by atoms with Gasteiger partial charge in [-0.05, 0) is 55.2 Å². The topological polar surface area (TPSA) is 90.7 Å². The molecule has 1 aromatic carbocycles. The van der Waals surface area contributed by atoms with Crippen LogP contribution in [0.15, 0.2) is 34.1 Å². The van der Waals surface area contributed by atoms with Crippen LogP contribution in [-0.2, 0) is 22.6 Å². The monoisotopic (exact) mass is 476 g/mol. The predicted molar refractivity (Wildman–Crippen MR) is 124 cm³/mol. The Bertz CT molecular complexity index is 1110. The Morgan fingerprint density at radius 2 is 2.06 bits per heavy atom. The molecule has 9 heteroatoms. The molecule has 1 N–H and O–H groups in total. The van der Waals surface area contributed by atoms with E-state index in [0.29, 0.717) is 28.2 Å². The number of aryl methyl sites for hydroxylation is 1. The summed E-state index contributed by atoms with van der Waals surface area (Å²) in [7, 11) is 0. The standard InChI is InChI=1S/C23H25ClN2O5S/c1-5-29-21(27)9-15-12-32-23(25-15)26-22(28)19-7-6-16(31-19)11-30-20-8-14(4)18(24)10-17(20)13(2)3/h6-8,10,12-13H,5,9,11H2,1-4H3,(H,25,26,28). The van der Waals surface area contributed by atoms with Gasteiger partial charge >= 0.3 is 5.97 Å². The van der Waals surface area contributed by atoms with Crippen molar-refractivity contribution in [2.75, 3.05) is 11.9 Å². The molecule has 3 rings (SSSR count). The number of aromatic nitrogens is 1. The molecule has 7 nitrogen and oxygen atoms in total. The largest absolute Gasteiger partial charge is 0.485 e. The average molecular weight is 477 g/mol. The summed E-state index contributed by atoms with van der Waals surface area (Å²) in [5, 5.41) is 5.45. The zero-order chi connectivity index (χ0) is 23.3. The highest BCUT2D eigenvalue weighted by atomic mass is 35.5. The van der Waals surface area contributed by atoms with Crippen LogP contribution in [0.25, 0.3) is 0 Å². The van der Waals surface area contributed by atoms with Crippen molar-refractivity contribution in [1.82, 2.24) is 4.98 Å². The van der Waals surface area contributed by atoms with Gasteiger partial charge in [-0.2, -0.15) is 0 Å². The number of anilines is 1. The summed E-state index contributed by atoms with van der Waals surface area (Å²) in [5.41, 5.74) is 2.47. The lowest BCUT2D eigenvalue weighted by molar-refractivity contribution is -0.142. The lowest BCUT2D eigenvalue weighted by atomic mass is 10.0. The van der Waals surface area contributed by atoms with Crippen LogP contribution in [-0.4, -0.2) is 23.5 Å². The number of ether oxygens (including phenoxy) is 2. The molecule has 3 aromatic rings. The van der Waals surface area contributed by atoms with Crippen LogP contribution in [0.3, 0.4) is 0 Å². The van der Waals surface area contributed by atoms with Gasteiger partial charge in [-0.3, -0.25) is 14.9 Å². The van der Waals surface area contributed by atoms with E-state index in [2.05, 4.69) is 24.1 Å². The van der Waals surface area contributed by atoms with Gasteiger partial charge in [0.25, 0.3) is 5.91 Å². The van der Waals surface area contributed by atoms with E-state index in [-0.39, 0.29) is 30.7 Å². The Morgan fingerprint density at radius 1 is 1.28 bits per heavy atom. The summed E-state index contributed by atoms with van der Waals surface area (Å²) in [6, 6.07) is 7.10. The van der Waals surface area contributed by atoms with Gasteiger partial charge in [0, 0.05) is 10.4 Å². The second-order valence-corrected chi connectivity index (χ2v) is 8.69. The van der Waals surface area contributed by atoms with Crippen LogP contribution >= 0.6 is 22.9 Å². The number of carbonyl (C=O) groups excluding carboxylic acids is 2. The van der Waals surface area contributed by atoms with Gasteiger partial charge in [0.2, 0.25) is 0 Å². The van der Waals surface area contributed by atoms with E-state index in [1.54, 1.807) is 24.4 Å². The fraction of sp³-hybridized carbons (Fsp3) is 0.348. The highest BCUT2D eigenvalue weighted by Gasteiger charge is 2.16. The van der Waals surface area contributed by atoms with Gasteiger partial charge < -0.3 is 13.9 Å². The van der Waals surface area contributed by atoms with E-state index in [1.807, 2.05) is 19.1 Å². The molecule has 0 aliphatic carbocycles. The maximum atomic E-state index is 12.5. The van der Waals surface area contributed by atoms with Crippen molar-refractivity contribution in [2.24, 2.45) is 0 Å². The number of amides is 1. The molecule has 0 unspecified atom stereocenters. The number of nitrogens with zero attached hydrogens (tertiary/aromatic N) is 1. The SMILES string of the molecule is CCOC(=O)Cc1csc(NC(=O)c2ccc(COc3cc(C)c(Cl)cc3C(C)C)o2)n1. The van der Waals surface area contributed by atoms with Crippen molar-refractivity contribution in [3.8, 4) is 5.75 Å². The second kappa shape index (κ2) is 10.7. The molecule has 0 bridgehead atoms. The van der Waals surface area contributed by atoms with Gasteiger partial charge in [0.15, 0.2) is 10.9 Å². The van der Waals surface area contributed by atoms with Crippen LogP contribution in [0.4, 0.5) is 5.13 Å². The fourth-order valence-corrected chi connectivity index (χ4v) is 3.81. The Labute approximate surface area is 195 Å². The smallest absolute Gasteiger partial charge is 0.311 e. The summed E-state index contributed by atoms with van der Waals surface area (Å²) in [6.07, 6.45) is 0.0605. The van der Waals surface area contributed by atoms with Crippen LogP contribution in [0.2, 0.25) is 5.02 Å². The zero-order valence-corrected chi connectivity index (χ0v) is 19.9. The van der Waals surface area contributed by atoms with Crippen molar-refractivity contribution < 1.29 is 23.5 Å². The van der Waals surface area contributed by atoms with E-state index >= 15 is 0 Å². The van der Waals surface area contributed by atoms with Gasteiger partial charge in [-0.25, -0.2) is 4.98 Å². The number of hydrogen-bond acceptors (Lipinski definition) is 7. The summed E-state index contributed by atoms with van der Waals surface area (Å²) in [4.78, 5) is 28.3. The van der Waals surface area contributed by atoms with Crippen LogP contribution in [0.1, 0.15) is 59.8 Å². The van der Waals surface area contributed by atoms with Gasteiger partial charge in [-0.15, -0.1) is 11.3 Å². The third-order valence-electron chi connectivity index (χ3n) is 4.57. The van der Waals surface area contributed by atoms with Crippen LogP contribution in [0, 0.1) is 6.92 Å². The number of esters is 1. The summed E-state index contributed by atoms with van der Waals surface area (Å²) in [6.45, 7) is 8.29. The summed E-state index contributed by atoms with van der Waals surface area (Å²) < 4.78 is 16.5. The normalized spacial score (nSPS) is 10.9. The van der Waals surface area contributed by atoms with E-state index < -0.39 is 5.91 Å². The fourth-order valence-electron chi connectivity index (χ4n) is 2.94. The second-order valence-electron chi connectivity index (χ2n) is 7.43. The summed E-state index contributed by atoms with van der Waals surface area (Å²) in [5.74, 6) is 0.845. The van der Waals surface area contributed by atoms with Gasteiger partial charge in [0.05, 0.1) is 18.7 Å². The molecule has 0 saturated carbocycles. The quantitative estimate of drug-likeness (QED) is 0.395. The van der Waals surface area contributed by atoms with E-state index in [0.717, 1.165) is 16.9 Å². The minimum atomic E-state index is -0.432. The minimum Gasteiger partial charge on any atom is -0.485 e. The number of rotatable bonds is 9. The van der Waals surface area contributed by atoms with Crippen molar-refractivity contribution in [1.29, 1.82) is 0 Å². The first-order chi connectivity index (χ1) is 15.3. The zero-order valence-electron chi connectivity index (χ0n) is 18.4. The molecule has 0 aliphatic heterocycles. The number of nitrogens with one attached hydrogen (secondary N) is 1. The molecule has 2 heterocycles. The number of benzene rings is 1. The minimum absolute atomic E-state index is 0.0605. The molecule has 0 fully saturated rings. The first-order valence-corrected chi connectivity index (χ1v) is 11.5. The lowest BCUT2D eigenvalue weighted by Gasteiger charge is -2.15. The average Bonchev–Trinajstić information content (AvgIpc) is 3.38. The maximum Gasteiger partial charge on any atom is 0.311 e. The number of carbonyl (C=O) groups is 2. The molecule has 1 amide bonds. The molecular weight excluding hydrogens is 452 g/mol. The molecule has 0 saturated heterocycles. The van der Waals surface area contributed by atoms with E-state index in [4.69, 9.17) is 25.5 Å². The highest BCUT2D eigenvalue weighted by Crippen LogP contribution is 2.32. The van der Waals surface area contributed by atoms with Crippen molar-refractivity contribution in [3.05, 3.63) is 63.0 Å². The van der Waals surface area contributed by atoms with Crippen molar-refractivity contribution in [3.63, 3.8) is 0 Å². The van der Waals surface area contributed by atoms with E-state index in [9.17, 15) is 9.59 Å². The van der Waals surface area contributed by atoms with Crippen LogP contribution in [0.5, 0.6) is 5.75 Å². The molecule has 0 radical (unpaired) electrons. The molecule has 170 valence electrons. The van der Waals surface area contributed by atoms with Gasteiger partial charge in [-0.1, -0.05) is 25.4 Å². The molecule has 0 atom stereocenters. The predicted octanol–water partition coefficient (Wildman–Crippen LogP) is 5.76. The molecular formula is C23H25ClN2O5S. The third-order valence-corrected chi connectivity index (χ3v) is 5.79. The Hall–Kier alpha value is -2.84. The lowest BCUT2D eigenvalue weighted by Crippen LogP contribution is -2.11. The number of halogens is 1. The molecule has 32 heavy (non-hydrogen) atoms. The molecule has 0 aliphatic rings. The first kappa shape index (κ1) is 23.8. The maximum absolute atomic E-state index is 12.5. The van der Waals surface area contributed by atoms with Crippen molar-refractivity contribution >= 4 is 39.9 Å². The number of furan rings is 1. The third kappa shape index (κ3) is 6.11. The van der Waals surface area contributed by atoms with Crippen LogP contribution < -0.4 is 10.1 Å². The Morgan fingerprint density at radius 3 is 2.78 bits per heavy atom. The summed E-state index contributed by atoms with van der Waals surface area (Å²) >= 11 is 7.47.